The average Bonchev–Trinajstić information content (AvgIpc) is 2.61. The van der Waals surface area contributed by atoms with E-state index >= 15 is 0 Å². The molecule has 134 valence electrons. The van der Waals surface area contributed by atoms with Gasteiger partial charge in [0, 0.05) is 19.7 Å². The summed E-state index contributed by atoms with van der Waals surface area (Å²) in [5.74, 6) is 1.40. The monoisotopic (exact) mass is 334 g/mol. The molecule has 0 aromatic heterocycles. The highest BCUT2D eigenvalue weighted by Crippen LogP contribution is 2.23. The molecule has 5 heteroatoms. The van der Waals surface area contributed by atoms with Crippen molar-refractivity contribution in [3.63, 3.8) is 0 Å². The van der Waals surface area contributed by atoms with Crippen LogP contribution in [0.5, 0.6) is 5.75 Å². The van der Waals surface area contributed by atoms with Crippen molar-refractivity contribution in [2.75, 3.05) is 26.3 Å². The number of nitrogens with one attached hydrogen (secondary N) is 1. The molecular weight excluding hydrogens is 304 g/mol. The largest absolute Gasteiger partial charge is 0.494 e. The molecule has 1 aliphatic heterocycles. The average molecular weight is 334 g/mol. The molecule has 0 unspecified atom stereocenters. The number of aliphatic hydroxyl groups excluding tert-OH is 1. The Morgan fingerprint density at radius 3 is 2.50 bits per heavy atom. The van der Waals surface area contributed by atoms with E-state index in [1.165, 1.54) is 0 Å². The summed E-state index contributed by atoms with van der Waals surface area (Å²) in [6.45, 7) is 6.49. The number of urea groups is 1. The molecule has 0 bridgehead atoms. The topological polar surface area (TPSA) is 61.8 Å². The van der Waals surface area contributed by atoms with Crippen LogP contribution in [0.3, 0.4) is 0 Å². The second-order valence-electron chi connectivity index (χ2n) is 6.36. The van der Waals surface area contributed by atoms with Gasteiger partial charge in [-0.3, -0.25) is 0 Å². The summed E-state index contributed by atoms with van der Waals surface area (Å²) in [6, 6.07) is 7.98. The van der Waals surface area contributed by atoms with Gasteiger partial charge in [0.2, 0.25) is 0 Å². The number of amides is 2. The molecule has 2 N–H and O–H groups in total. The Labute approximate surface area is 145 Å². The molecule has 0 aliphatic carbocycles. The lowest BCUT2D eigenvalue weighted by atomic mass is 9.94. The summed E-state index contributed by atoms with van der Waals surface area (Å²) in [4.78, 5) is 14.4. The van der Waals surface area contributed by atoms with Gasteiger partial charge < -0.3 is 20.1 Å². The van der Waals surface area contributed by atoms with Gasteiger partial charge in [0.05, 0.1) is 12.6 Å². The van der Waals surface area contributed by atoms with Crippen molar-refractivity contribution in [2.45, 2.75) is 45.6 Å². The van der Waals surface area contributed by atoms with Gasteiger partial charge in [-0.05, 0) is 56.2 Å². The number of likely N-dealkylation sites (tertiary alicyclic amines) is 1. The predicted molar refractivity (Wildman–Crippen MR) is 95.2 cm³/mol. The van der Waals surface area contributed by atoms with Gasteiger partial charge in [-0.25, -0.2) is 4.79 Å². The maximum atomic E-state index is 12.5. The van der Waals surface area contributed by atoms with Gasteiger partial charge in [0.15, 0.2) is 0 Å². The Morgan fingerprint density at radius 1 is 1.29 bits per heavy atom. The molecule has 1 aromatic carbocycles. The minimum absolute atomic E-state index is 0.0122. The van der Waals surface area contributed by atoms with E-state index in [1.807, 2.05) is 36.1 Å². The van der Waals surface area contributed by atoms with Crippen LogP contribution in [0.25, 0.3) is 0 Å². The maximum Gasteiger partial charge on any atom is 0.317 e. The molecule has 0 spiro atoms. The lowest BCUT2D eigenvalue weighted by molar-refractivity contribution is 0.154. The number of nitrogens with zero attached hydrogens (tertiary/aromatic N) is 1. The molecule has 2 amide bonds. The molecule has 5 nitrogen and oxygen atoms in total. The predicted octanol–water partition coefficient (Wildman–Crippen LogP) is 3.34. The van der Waals surface area contributed by atoms with Gasteiger partial charge in [-0.1, -0.05) is 19.1 Å². The summed E-state index contributed by atoms with van der Waals surface area (Å²) in [5, 5.41) is 12.2. The third kappa shape index (κ3) is 5.13. The molecule has 0 radical (unpaired) electrons. The number of hydrogen-bond donors (Lipinski definition) is 2. The van der Waals surface area contributed by atoms with Crippen LogP contribution in [0.4, 0.5) is 4.79 Å². The van der Waals surface area contributed by atoms with Gasteiger partial charge in [0.1, 0.15) is 5.75 Å². The van der Waals surface area contributed by atoms with Crippen LogP contribution in [0.15, 0.2) is 24.3 Å². The Balaban J connectivity index is 1.89. The number of aliphatic hydroxyl groups is 1. The van der Waals surface area contributed by atoms with Gasteiger partial charge >= 0.3 is 6.03 Å². The number of rotatable bonds is 7. The molecule has 1 atom stereocenters. The van der Waals surface area contributed by atoms with Crippen molar-refractivity contribution in [3.8, 4) is 5.75 Å². The number of carbonyl (C=O) groups excluding carboxylic acids is 1. The third-order valence-corrected chi connectivity index (χ3v) is 4.74. The number of benzene rings is 1. The fourth-order valence-corrected chi connectivity index (χ4v) is 3.23. The van der Waals surface area contributed by atoms with E-state index in [-0.39, 0.29) is 18.7 Å². The molecule has 2 rings (SSSR count). The smallest absolute Gasteiger partial charge is 0.317 e. The standard InChI is InChI=1S/C19H30N2O3/c1-3-18(16-5-7-17(8-6-16)24-4-2)20-19(23)21-12-9-15(10-13-21)11-14-22/h5-8,15,18,22H,3-4,9-14H2,1-2H3,(H,20,23)/t18-/m0/s1. The van der Waals surface area contributed by atoms with Crippen molar-refractivity contribution < 1.29 is 14.6 Å². The Kier molecular flexibility index (Phi) is 7.37. The van der Waals surface area contributed by atoms with Crippen molar-refractivity contribution in [1.29, 1.82) is 0 Å². The zero-order valence-corrected chi connectivity index (χ0v) is 14.8. The minimum atomic E-state index is 0.0122. The summed E-state index contributed by atoms with van der Waals surface area (Å²) in [6.07, 6.45) is 3.65. The van der Waals surface area contributed by atoms with Crippen molar-refractivity contribution >= 4 is 6.03 Å². The van der Waals surface area contributed by atoms with E-state index in [4.69, 9.17) is 9.84 Å². The quantitative estimate of drug-likeness (QED) is 0.804. The van der Waals surface area contributed by atoms with E-state index in [9.17, 15) is 4.79 Å². The van der Waals surface area contributed by atoms with Crippen molar-refractivity contribution in [2.24, 2.45) is 5.92 Å². The first-order chi connectivity index (χ1) is 11.7. The van der Waals surface area contributed by atoms with E-state index in [0.29, 0.717) is 12.5 Å². The lowest BCUT2D eigenvalue weighted by Gasteiger charge is -2.33. The molecule has 24 heavy (non-hydrogen) atoms. The normalized spacial score (nSPS) is 16.7. The summed E-state index contributed by atoms with van der Waals surface area (Å²) >= 11 is 0. The molecule has 0 saturated carbocycles. The first kappa shape index (κ1) is 18.6. The molecular formula is C19H30N2O3. The van der Waals surface area contributed by atoms with Crippen LogP contribution in [0.2, 0.25) is 0 Å². The zero-order valence-electron chi connectivity index (χ0n) is 14.8. The second kappa shape index (κ2) is 9.52. The van der Waals surface area contributed by atoms with Crippen LogP contribution in [0.1, 0.15) is 51.1 Å². The van der Waals surface area contributed by atoms with E-state index in [1.54, 1.807) is 0 Å². The highest BCUT2D eigenvalue weighted by atomic mass is 16.5. The first-order valence-corrected chi connectivity index (χ1v) is 9.07. The Morgan fingerprint density at radius 2 is 1.96 bits per heavy atom. The Hall–Kier alpha value is -1.75. The van der Waals surface area contributed by atoms with Crippen molar-refractivity contribution in [1.82, 2.24) is 10.2 Å². The SMILES string of the molecule is CCOc1ccc([C@H](CC)NC(=O)N2CCC(CCO)CC2)cc1. The Bertz CT molecular complexity index is 496. The molecule has 1 fully saturated rings. The third-order valence-electron chi connectivity index (χ3n) is 4.74. The number of ether oxygens (including phenoxy) is 1. The van der Waals surface area contributed by atoms with Crippen molar-refractivity contribution in [3.05, 3.63) is 29.8 Å². The molecule has 1 saturated heterocycles. The fraction of sp³-hybridized carbons (Fsp3) is 0.632. The first-order valence-electron chi connectivity index (χ1n) is 9.07. The zero-order chi connectivity index (χ0) is 17.4. The summed E-state index contributed by atoms with van der Waals surface area (Å²) in [5.41, 5.74) is 1.10. The highest BCUT2D eigenvalue weighted by Gasteiger charge is 2.24. The minimum Gasteiger partial charge on any atom is -0.494 e. The summed E-state index contributed by atoms with van der Waals surface area (Å²) < 4.78 is 5.47. The summed E-state index contributed by atoms with van der Waals surface area (Å²) in [7, 11) is 0. The second-order valence-corrected chi connectivity index (χ2v) is 6.36. The van der Waals surface area contributed by atoms with Crippen LogP contribution in [0, 0.1) is 5.92 Å². The van der Waals surface area contributed by atoms with Crippen LogP contribution in [-0.4, -0.2) is 42.3 Å². The lowest BCUT2D eigenvalue weighted by Crippen LogP contribution is -2.45. The van der Waals surface area contributed by atoms with E-state index in [2.05, 4.69) is 12.2 Å². The number of carbonyl (C=O) groups is 1. The molecule has 1 aromatic rings. The van der Waals surface area contributed by atoms with Gasteiger partial charge in [-0.15, -0.1) is 0 Å². The van der Waals surface area contributed by atoms with Crippen LogP contribution >= 0.6 is 0 Å². The van der Waals surface area contributed by atoms with Crippen LogP contribution in [-0.2, 0) is 0 Å². The maximum absolute atomic E-state index is 12.5. The number of piperidine rings is 1. The molecule has 1 aliphatic rings. The van der Waals surface area contributed by atoms with Crippen LogP contribution < -0.4 is 10.1 Å². The van der Waals surface area contributed by atoms with Gasteiger partial charge in [-0.2, -0.15) is 0 Å². The fourth-order valence-electron chi connectivity index (χ4n) is 3.23. The van der Waals surface area contributed by atoms with E-state index < -0.39 is 0 Å². The van der Waals surface area contributed by atoms with Gasteiger partial charge in [0.25, 0.3) is 0 Å². The highest BCUT2D eigenvalue weighted by molar-refractivity contribution is 5.74. The number of hydrogen-bond acceptors (Lipinski definition) is 3. The molecule has 1 heterocycles. The van der Waals surface area contributed by atoms with E-state index in [0.717, 1.165) is 50.1 Å².